The third-order valence-corrected chi connectivity index (χ3v) is 2.64. The summed E-state index contributed by atoms with van der Waals surface area (Å²) in [4.78, 5) is 8.89. The molecule has 0 aromatic heterocycles. The third kappa shape index (κ3) is 2.02. The maximum atomic E-state index is 4.54. The largest absolute Gasteiger partial charge is 0.251 e. The lowest BCUT2D eigenvalue weighted by atomic mass is 10.1. The minimum atomic E-state index is 0.782. The lowest BCUT2D eigenvalue weighted by Gasteiger charge is -2.01. The van der Waals surface area contributed by atoms with Crippen LogP contribution in [0.1, 0.15) is 11.1 Å². The lowest BCUT2D eigenvalue weighted by Crippen LogP contribution is -1.98. The minimum absolute atomic E-state index is 0.782. The minimum Gasteiger partial charge on any atom is -0.251 e. The van der Waals surface area contributed by atoms with Gasteiger partial charge in [0.15, 0.2) is 0 Å². The van der Waals surface area contributed by atoms with Gasteiger partial charge in [0.1, 0.15) is 0 Å². The first kappa shape index (κ1) is 9.97. The molecule has 0 bridgehead atoms. The Morgan fingerprint density at radius 3 is 1.88 bits per heavy atom. The number of hydrogen-bond donors (Lipinski definition) is 0. The summed E-state index contributed by atoms with van der Waals surface area (Å²) in [6.07, 6.45) is 2.60. The van der Waals surface area contributed by atoms with Gasteiger partial charge in [0.05, 0.1) is 11.9 Å². The highest BCUT2D eigenvalue weighted by molar-refractivity contribution is 6.39. The van der Waals surface area contributed by atoms with E-state index in [0.717, 1.165) is 23.0 Å². The highest BCUT2D eigenvalue weighted by Gasteiger charge is 2.16. The Labute approximate surface area is 100 Å². The normalized spacial score (nSPS) is 14.9. The molecule has 0 saturated carbocycles. The second-order valence-corrected chi connectivity index (χ2v) is 3.81. The van der Waals surface area contributed by atoms with Crippen LogP contribution in [-0.2, 0) is 0 Å². The summed E-state index contributed by atoms with van der Waals surface area (Å²) >= 11 is 0. The summed E-state index contributed by atoms with van der Waals surface area (Å²) in [5, 5.41) is 0. The van der Waals surface area contributed by atoms with Gasteiger partial charge in [0, 0.05) is 11.1 Å². The van der Waals surface area contributed by atoms with Crippen LogP contribution in [0.15, 0.2) is 70.6 Å². The molecule has 0 fully saturated rings. The van der Waals surface area contributed by atoms with Gasteiger partial charge in [-0.05, 0) is 0 Å². The fraction of sp³-hybridized carbons (Fsp3) is 0. The van der Waals surface area contributed by atoms with Crippen LogP contribution in [-0.4, -0.2) is 11.9 Å². The van der Waals surface area contributed by atoms with E-state index in [2.05, 4.69) is 9.98 Å². The van der Waals surface area contributed by atoms with Crippen LogP contribution in [0.2, 0.25) is 0 Å². The predicted molar refractivity (Wildman–Crippen MR) is 70.3 cm³/mol. The molecule has 2 nitrogen and oxygen atoms in total. The Morgan fingerprint density at radius 2 is 1.24 bits per heavy atom. The Bertz CT molecular complexity index is 556. The Morgan fingerprint density at radius 1 is 0.647 bits per heavy atom. The zero-order chi connectivity index (χ0) is 11.5. The molecule has 1 aliphatic heterocycles. The van der Waals surface area contributed by atoms with Gasteiger partial charge in [-0.25, -0.2) is 4.99 Å². The van der Waals surface area contributed by atoms with E-state index in [1.165, 1.54) is 0 Å². The van der Waals surface area contributed by atoms with Crippen LogP contribution in [0, 0.1) is 6.17 Å². The molecule has 2 heteroatoms. The first-order valence-electron chi connectivity index (χ1n) is 5.54. The molecule has 0 saturated heterocycles. The van der Waals surface area contributed by atoms with E-state index in [9.17, 15) is 0 Å². The number of nitrogens with zero attached hydrogens (tertiary/aromatic N) is 2. The molecule has 3 rings (SSSR count). The third-order valence-electron chi connectivity index (χ3n) is 2.64. The van der Waals surface area contributed by atoms with E-state index < -0.39 is 0 Å². The van der Waals surface area contributed by atoms with Gasteiger partial charge in [0.25, 0.3) is 0 Å². The van der Waals surface area contributed by atoms with Crippen molar-refractivity contribution in [2.45, 2.75) is 0 Å². The monoisotopic (exact) mass is 219 g/mol. The molecule has 0 unspecified atom stereocenters. The average Bonchev–Trinajstić information content (AvgIpc) is 2.90. The van der Waals surface area contributed by atoms with Crippen molar-refractivity contribution in [2.24, 2.45) is 9.98 Å². The van der Waals surface area contributed by atoms with Crippen molar-refractivity contribution in [3.8, 4) is 0 Å². The topological polar surface area (TPSA) is 24.7 Å². The summed E-state index contributed by atoms with van der Waals surface area (Å²) < 4.78 is 0. The molecular weight excluding hydrogens is 208 g/mol. The molecule has 17 heavy (non-hydrogen) atoms. The van der Waals surface area contributed by atoms with E-state index in [4.69, 9.17) is 0 Å². The van der Waals surface area contributed by atoms with Crippen molar-refractivity contribution in [3.05, 3.63) is 78.0 Å². The van der Waals surface area contributed by atoms with Crippen LogP contribution >= 0.6 is 0 Å². The van der Waals surface area contributed by atoms with Crippen LogP contribution in [0.25, 0.3) is 0 Å². The fourth-order valence-electron chi connectivity index (χ4n) is 1.77. The van der Waals surface area contributed by atoms with Gasteiger partial charge in [0.2, 0.25) is 6.17 Å². The smallest absolute Gasteiger partial charge is 0.225 e. The molecular formula is C15H11N2. The SMILES string of the molecule is C1=N[C](c2ccccc2)N=C1c1ccccc1. The van der Waals surface area contributed by atoms with Gasteiger partial charge < -0.3 is 0 Å². The van der Waals surface area contributed by atoms with Crippen LogP contribution < -0.4 is 0 Å². The van der Waals surface area contributed by atoms with Crippen molar-refractivity contribution < 1.29 is 0 Å². The summed E-state index contributed by atoms with van der Waals surface area (Å²) in [7, 11) is 0. The quantitative estimate of drug-likeness (QED) is 0.741. The van der Waals surface area contributed by atoms with Gasteiger partial charge in [-0.15, -0.1) is 0 Å². The molecule has 1 aliphatic rings. The molecule has 1 heterocycles. The molecule has 0 N–H and O–H groups in total. The molecule has 1 radical (unpaired) electrons. The molecule has 2 aromatic rings. The second kappa shape index (κ2) is 4.34. The van der Waals surface area contributed by atoms with E-state index in [0.29, 0.717) is 0 Å². The first-order chi connectivity index (χ1) is 8.43. The van der Waals surface area contributed by atoms with E-state index in [-0.39, 0.29) is 0 Å². The van der Waals surface area contributed by atoms with Crippen molar-refractivity contribution in [1.29, 1.82) is 0 Å². The van der Waals surface area contributed by atoms with Gasteiger partial charge in [-0.2, -0.15) is 0 Å². The first-order valence-corrected chi connectivity index (χ1v) is 5.54. The number of hydrogen-bond acceptors (Lipinski definition) is 2. The zero-order valence-electron chi connectivity index (χ0n) is 9.25. The summed E-state index contributed by atoms with van der Waals surface area (Å²) in [6.45, 7) is 0. The van der Waals surface area contributed by atoms with Gasteiger partial charge >= 0.3 is 0 Å². The summed E-state index contributed by atoms with van der Waals surface area (Å²) in [5.41, 5.74) is 3.07. The highest BCUT2D eigenvalue weighted by atomic mass is 15.0. The van der Waals surface area contributed by atoms with Gasteiger partial charge in [-0.3, -0.25) is 4.99 Å². The predicted octanol–water partition coefficient (Wildman–Crippen LogP) is 3.10. The number of benzene rings is 2. The number of rotatable bonds is 2. The Balaban J connectivity index is 1.91. The van der Waals surface area contributed by atoms with Crippen LogP contribution in [0.5, 0.6) is 0 Å². The molecule has 0 amide bonds. The zero-order valence-corrected chi connectivity index (χ0v) is 9.25. The molecule has 81 valence electrons. The maximum absolute atomic E-state index is 4.54. The standard InChI is InChI=1S/C15H11N2/c1-3-7-12(8-4-1)14-11-16-15(17-14)13-9-5-2-6-10-13/h1-11H. The van der Waals surface area contributed by atoms with Crippen molar-refractivity contribution in [1.82, 2.24) is 0 Å². The Kier molecular flexibility index (Phi) is 2.54. The van der Waals surface area contributed by atoms with Crippen molar-refractivity contribution in [3.63, 3.8) is 0 Å². The lowest BCUT2D eigenvalue weighted by molar-refractivity contribution is 1.07. The number of aliphatic imine (C=N–C) groups is 2. The van der Waals surface area contributed by atoms with E-state index in [1.54, 1.807) is 0 Å². The second-order valence-electron chi connectivity index (χ2n) is 3.81. The van der Waals surface area contributed by atoms with E-state index in [1.807, 2.05) is 66.9 Å². The fourth-order valence-corrected chi connectivity index (χ4v) is 1.77. The molecule has 0 aliphatic carbocycles. The average molecular weight is 219 g/mol. The summed E-state index contributed by atoms with van der Waals surface area (Å²) in [6, 6.07) is 20.1. The molecule has 0 spiro atoms. The maximum Gasteiger partial charge on any atom is 0.225 e. The van der Waals surface area contributed by atoms with Crippen molar-refractivity contribution in [2.75, 3.05) is 0 Å². The van der Waals surface area contributed by atoms with Crippen molar-refractivity contribution >= 4 is 11.9 Å². The van der Waals surface area contributed by atoms with Gasteiger partial charge in [-0.1, -0.05) is 60.7 Å². The van der Waals surface area contributed by atoms with Crippen LogP contribution in [0.4, 0.5) is 0 Å². The Hall–Kier alpha value is -2.22. The highest BCUT2D eigenvalue weighted by Crippen LogP contribution is 2.22. The summed E-state index contributed by atoms with van der Waals surface area (Å²) in [5.74, 6) is 0. The molecule has 2 aromatic carbocycles. The van der Waals surface area contributed by atoms with E-state index >= 15 is 0 Å². The molecule has 0 atom stereocenters. The van der Waals surface area contributed by atoms with Crippen LogP contribution in [0.3, 0.4) is 0 Å².